The number of aryl methyl sites for hydroxylation is 1. The number of benzene rings is 1. The first kappa shape index (κ1) is 14.9. The average Bonchev–Trinajstić information content (AvgIpc) is 2.46. The number of nitrogens with zero attached hydrogens (tertiary/aromatic N) is 1. The number of methoxy groups -OCH3 is 1. The van der Waals surface area contributed by atoms with Crippen LogP contribution in [0.1, 0.15) is 31.2 Å². The highest BCUT2D eigenvalue weighted by Gasteiger charge is 2.28. The summed E-state index contributed by atoms with van der Waals surface area (Å²) in [6, 6.07) is 8.32. The Balaban J connectivity index is 2.18. The topological polar surface area (TPSA) is 49.8 Å². The number of anilines is 1. The van der Waals surface area contributed by atoms with Crippen LogP contribution in [0.25, 0.3) is 0 Å². The van der Waals surface area contributed by atoms with E-state index in [1.165, 1.54) is 5.56 Å². The second kappa shape index (κ2) is 6.75. The fraction of sp³-hybridized carbons (Fsp3) is 0.562. The molecule has 0 heterocycles. The summed E-state index contributed by atoms with van der Waals surface area (Å²) in [7, 11) is 1.74. The van der Waals surface area contributed by atoms with Crippen molar-refractivity contribution in [2.24, 2.45) is 0 Å². The van der Waals surface area contributed by atoms with Crippen molar-refractivity contribution in [3.63, 3.8) is 0 Å². The lowest BCUT2D eigenvalue weighted by molar-refractivity contribution is -0.135. The number of rotatable bonds is 5. The molecule has 0 aromatic heterocycles. The van der Waals surface area contributed by atoms with Gasteiger partial charge in [0, 0.05) is 18.8 Å². The Labute approximate surface area is 120 Å². The molecule has 20 heavy (non-hydrogen) atoms. The van der Waals surface area contributed by atoms with E-state index in [4.69, 9.17) is 4.74 Å². The molecule has 1 aliphatic rings. The highest BCUT2D eigenvalue weighted by atomic mass is 16.5. The Kier molecular flexibility index (Phi) is 5.01. The first-order valence-electron chi connectivity index (χ1n) is 7.18. The van der Waals surface area contributed by atoms with Crippen molar-refractivity contribution in [3.8, 4) is 0 Å². The maximum absolute atomic E-state index is 11.2. The Morgan fingerprint density at radius 1 is 1.35 bits per heavy atom. The summed E-state index contributed by atoms with van der Waals surface area (Å²) in [5.41, 5.74) is 2.17. The third-order valence-corrected chi connectivity index (χ3v) is 4.04. The molecule has 0 amide bonds. The molecule has 2 atom stereocenters. The smallest absolute Gasteiger partial charge is 0.323 e. The van der Waals surface area contributed by atoms with E-state index in [0.29, 0.717) is 0 Å². The van der Waals surface area contributed by atoms with Gasteiger partial charge in [-0.3, -0.25) is 4.79 Å². The van der Waals surface area contributed by atoms with Crippen molar-refractivity contribution in [1.82, 2.24) is 0 Å². The van der Waals surface area contributed by atoms with Gasteiger partial charge in [-0.25, -0.2) is 0 Å². The highest BCUT2D eigenvalue weighted by Crippen LogP contribution is 2.28. The summed E-state index contributed by atoms with van der Waals surface area (Å²) in [4.78, 5) is 13.2. The predicted molar refractivity (Wildman–Crippen MR) is 79.2 cm³/mol. The number of hydrogen-bond donors (Lipinski definition) is 1. The molecule has 1 fully saturated rings. The van der Waals surface area contributed by atoms with Crippen LogP contribution in [-0.4, -0.2) is 36.9 Å². The monoisotopic (exact) mass is 277 g/mol. The van der Waals surface area contributed by atoms with Crippen molar-refractivity contribution in [2.45, 2.75) is 44.8 Å². The zero-order valence-corrected chi connectivity index (χ0v) is 12.2. The molecule has 4 nitrogen and oxygen atoms in total. The van der Waals surface area contributed by atoms with Crippen molar-refractivity contribution in [2.75, 3.05) is 18.6 Å². The molecule has 4 heteroatoms. The van der Waals surface area contributed by atoms with Crippen LogP contribution in [0.5, 0.6) is 0 Å². The van der Waals surface area contributed by atoms with Gasteiger partial charge in [0.15, 0.2) is 0 Å². The molecule has 1 aromatic rings. The molecule has 1 aromatic carbocycles. The summed E-state index contributed by atoms with van der Waals surface area (Å²) in [6.07, 6.45) is 4.33. The molecular weight excluding hydrogens is 254 g/mol. The number of ether oxygens (including phenoxy) is 1. The number of carboxylic acids is 1. The van der Waals surface area contributed by atoms with Crippen LogP contribution in [0.3, 0.4) is 0 Å². The largest absolute Gasteiger partial charge is 0.480 e. The molecule has 110 valence electrons. The van der Waals surface area contributed by atoms with Gasteiger partial charge in [-0.2, -0.15) is 0 Å². The van der Waals surface area contributed by atoms with Crippen molar-refractivity contribution < 1.29 is 14.6 Å². The van der Waals surface area contributed by atoms with Gasteiger partial charge in [0.05, 0.1) is 6.10 Å². The molecule has 0 radical (unpaired) electrons. The number of hydrogen-bond acceptors (Lipinski definition) is 3. The van der Waals surface area contributed by atoms with Gasteiger partial charge in [0.25, 0.3) is 0 Å². The van der Waals surface area contributed by atoms with E-state index in [0.717, 1.165) is 31.4 Å². The summed E-state index contributed by atoms with van der Waals surface area (Å²) < 4.78 is 5.46. The van der Waals surface area contributed by atoms with Gasteiger partial charge >= 0.3 is 5.97 Å². The van der Waals surface area contributed by atoms with E-state index >= 15 is 0 Å². The third-order valence-electron chi connectivity index (χ3n) is 4.04. The van der Waals surface area contributed by atoms with Gasteiger partial charge in [-0.1, -0.05) is 17.7 Å². The lowest BCUT2D eigenvalue weighted by atomic mass is 9.91. The maximum atomic E-state index is 11.2. The van der Waals surface area contributed by atoms with E-state index in [1.807, 2.05) is 36.1 Å². The lowest BCUT2D eigenvalue weighted by Gasteiger charge is -2.37. The Bertz CT molecular complexity index is 444. The number of carboxylic acid groups (broad SMARTS) is 1. The van der Waals surface area contributed by atoms with Crippen molar-refractivity contribution in [3.05, 3.63) is 29.8 Å². The van der Waals surface area contributed by atoms with Crippen LogP contribution < -0.4 is 4.90 Å². The van der Waals surface area contributed by atoms with E-state index in [9.17, 15) is 9.90 Å². The average molecular weight is 277 g/mol. The summed E-state index contributed by atoms with van der Waals surface area (Å²) in [5, 5.41) is 9.18. The summed E-state index contributed by atoms with van der Waals surface area (Å²) in [6.45, 7) is 2.08. The van der Waals surface area contributed by atoms with Gasteiger partial charge in [-0.05, 0) is 44.7 Å². The van der Waals surface area contributed by atoms with Gasteiger partial charge in [-0.15, -0.1) is 0 Å². The van der Waals surface area contributed by atoms with E-state index in [-0.39, 0.29) is 18.7 Å². The van der Waals surface area contributed by atoms with Crippen molar-refractivity contribution >= 4 is 11.7 Å². The molecule has 0 bridgehead atoms. The van der Waals surface area contributed by atoms with Crippen LogP contribution in [0.4, 0.5) is 5.69 Å². The quantitative estimate of drug-likeness (QED) is 0.899. The second-order valence-electron chi connectivity index (χ2n) is 5.54. The minimum Gasteiger partial charge on any atom is -0.480 e. The van der Waals surface area contributed by atoms with Gasteiger partial charge in [0.1, 0.15) is 6.54 Å². The molecule has 1 aliphatic carbocycles. The normalized spacial score (nSPS) is 22.5. The summed E-state index contributed by atoms with van der Waals surface area (Å²) >= 11 is 0. The molecule has 2 unspecified atom stereocenters. The summed E-state index contributed by atoms with van der Waals surface area (Å²) in [5.74, 6) is -0.787. The zero-order chi connectivity index (χ0) is 14.5. The first-order chi connectivity index (χ1) is 9.60. The molecule has 1 N–H and O–H groups in total. The fourth-order valence-corrected chi connectivity index (χ4v) is 2.93. The molecule has 2 rings (SSSR count). The van der Waals surface area contributed by atoms with E-state index in [1.54, 1.807) is 7.11 Å². The van der Waals surface area contributed by atoms with Crippen LogP contribution in [0.2, 0.25) is 0 Å². The zero-order valence-electron chi connectivity index (χ0n) is 12.2. The number of carbonyl (C=O) groups is 1. The first-order valence-corrected chi connectivity index (χ1v) is 7.18. The van der Waals surface area contributed by atoms with Gasteiger partial charge in [0.2, 0.25) is 0 Å². The standard InChI is InChI=1S/C16H23NO3/c1-12-6-8-13(9-7-12)17(11-16(18)19)14-4-3-5-15(10-14)20-2/h6-9,14-15H,3-5,10-11H2,1-2H3,(H,18,19). The van der Waals surface area contributed by atoms with Crippen LogP contribution in [0, 0.1) is 6.92 Å². The SMILES string of the molecule is COC1CCCC(N(CC(=O)O)c2ccc(C)cc2)C1. The Hall–Kier alpha value is -1.55. The third kappa shape index (κ3) is 3.73. The predicted octanol–water partition coefficient (Wildman–Crippen LogP) is 2.84. The number of aliphatic carboxylic acids is 1. The lowest BCUT2D eigenvalue weighted by Crippen LogP contribution is -2.43. The van der Waals surface area contributed by atoms with Crippen LogP contribution in [0.15, 0.2) is 24.3 Å². The van der Waals surface area contributed by atoms with Gasteiger partial charge < -0.3 is 14.7 Å². The maximum Gasteiger partial charge on any atom is 0.323 e. The second-order valence-corrected chi connectivity index (χ2v) is 5.54. The molecule has 0 spiro atoms. The Morgan fingerprint density at radius 2 is 2.05 bits per heavy atom. The fourth-order valence-electron chi connectivity index (χ4n) is 2.93. The highest BCUT2D eigenvalue weighted by molar-refractivity contribution is 5.74. The molecule has 1 saturated carbocycles. The molecular formula is C16H23NO3. The van der Waals surface area contributed by atoms with E-state index < -0.39 is 5.97 Å². The van der Waals surface area contributed by atoms with Crippen LogP contribution in [-0.2, 0) is 9.53 Å². The molecule has 0 aliphatic heterocycles. The van der Waals surface area contributed by atoms with Crippen molar-refractivity contribution in [1.29, 1.82) is 0 Å². The molecule has 0 saturated heterocycles. The van der Waals surface area contributed by atoms with Crippen LogP contribution >= 0.6 is 0 Å². The minimum absolute atomic E-state index is 0.0458. The van der Waals surface area contributed by atoms with E-state index in [2.05, 4.69) is 0 Å². The Morgan fingerprint density at radius 3 is 2.65 bits per heavy atom. The minimum atomic E-state index is -0.787.